The summed E-state index contributed by atoms with van der Waals surface area (Å²) in [6, 6.07) is 11.2. The lowest BCUT2D eigenvalue weighted by atomic mass is 9.53. The number of nitrogens with zero attached hydrogens (tertiary/aromatic N) is 3. The fourth-order valence-corrected chi connectivity index (χ4v) is 10.8. The first-order valence-electron chi connectivity index (χ1n) is 14.4. The van der Waals surface area contributed by atoms with E-state index in [1.54, 1.807) is 0 Å². The summed E-state index contributed by atoms with van der Waals surface area (Å²) in [6.07, 6.45) is 19.4. The minimum Gasteiger partial charge on any atom is -0.293 e. The zero-order chi connectivity index (χ0) is 22.6. The van der Waals surface area contributed by atoms with Gasteiger partial charge in [0.15, 0.2) is 0 Å². The molecule has 0 amide bonds. The first-order valence-corrected chi connectivity index (χ1v) is 15.2. The molecule has 8 rings (SSSR count). The monoisotopic (exact) mass is 475 g/mol. The molecule has 34 heavy (non-hydrogen) atoms. The number of benzene rings is 1. The van der Waals surface area contributed by atoms with Crippen molar-refractivity contribution >= 4 is 27.5 Å². The second-order valence-electron chi connectivity index (χ2n) is 12.7. The van der Waals surface area contributed by atoms with Crippen LogP contribution in [-0.4, -0.2) is 39.7 Å². The smallest absolute Gasteiger partial charge is 0.0924 e. The maximum Gasteiger partial charge on any atom is 0.0924 e. The molecule has 7 fully saturated rings. The predicted octanol–water partition coefficient (Wildman–Crippen LogP) is 7.64. The van der Waals surface area contributed by atoms with Crippen molar-refractivity contribution < 1.29 is 0 Å². The van der Waals surface area contributed by atoms with Crippen molar-refractivity contribution in [3.05, 3.63) is 30.3 Å². The summed E-state index contributed by atoms with van der Waals surface area (Å²) >= 11 is 2.02. The van der Waals surface area contributed by atoms with Crippen molar-refractivity contribution in [2.75, 3.05) is 13.1 Å². The van der Waals surface area contributed by atoms with Gasteiger partial charge in [-0.1, -0.05) is 55.6 Å². The largest absolute Gasteiger partial charge is 0.293 e. The van der Waals surface area contributed by atoms with Crippen LogP contribution in [0.5, 0.6) is 0 Å². The molecular weight excluding hydrogens is 434 g/mol. The molecule has 0 N–H and O–H groups in total. The van der Waals surface area contributed by atoms with Gasteiger partial charge in [0.1, 0.15) is 0 Å². The molecule has 3 nitrogen and oxygen atoms in total. The van der Waals surface area contributed by atoms with Gasteiger partial charge in [-0.3, -0.25) is 9.89 Å². The van der Waals surface area contributed by atoms with Gasteiger partial charge < -0.3 is 0 Å². The van der Waals surface area contributed by atoms with E-state index in [-0.39, 0.29) is 11.0 Å². The molecule has 2 heterocycles. The first-order chi connectivity index (χ1) is 16.7. The highest BCUT2D eigenvalue weighted by Crippen LogP contribution is 2.59. The van der Waals surface area contributed by atoms with Crippen molar-refractivity contribution in [3.8, 4) is 0 Å². The van der Waals surface area contributed by atoms with Crippen molar-refractivity contribution in [1.29, 1.82) is 0 Å². The first kappa shape index (κ1) is 22.1. The highest BCUT2D eigenvalue weighted by Gasteiger charge is 2.57. The Morgan fingerprint density at radius 1 is 0.765 bits per heavy atom. The van der Waals surface area contributed by atoms with Crippen LogP contribution in [-0.2, 0) is 0 Å². The number of piperidine rings is 1. The number of likely N-dealkylation sites (tertiary alicyclic amines) is 1. The van der Waals surface area contributed by atoms with E-state index in [0.717, 1.165) is 23.4 Å². The van der Waals surface area contributed by atoms with Crippen molar-refractivity contribution in [2.24, 2.45) is 33.2 Å². The van der Waals surface area contributed by atoms with E-state index < -0.39 is 0 Å². The van der Waals surface area contributed by atoms with Gasteiger partial charge >= 0.3 is 0 Å². The molecule has 2 saturated heterocycles. The third-order valence-electron chi connectivity index (χ3n) is 10.2. The lowest BCUT2D eigenvalue weighted by Crippen LogP contribution is -2.54. The average Bonchev–Trinajstić information content (AvgIpc) is 3.10. The molecule has 7 aliphatic rings. The van der Waals surface area contributed by atoms with Crippen LogP contribution in [0.25, 0.3) is 0 Å². The van der Waals surface area contributed by atoms with Crippen LogP contribution in [0, 0.1) is 23.2 Å². The highest BCUT2D eigenvalue weighted by molar-refractivity contribution is 8.27. The Morgan fingerprint density at radius 2 is 1.38 bits per heavy atom. The van der Waals surface area contributed by atoms with E-state index in [1.165, 1.54) is 113 Å². The van der Waals surface area contributed by atoms with Crippen molar-refractivity contribution in [2.45, 2.75) is 101 Å². The van der Waals surface area contributed by atoms with Crippen LogP contribution < -0.4 is 0 Å². The Balaban J connectivity index is 1.32. The highest BCUT2D eigenvalue weighted by atomic mass is 32.2. The van der Waals surface area contributed by atoms with Crippen molar-refractivity contribution in [3.63, 3.8) is 0 Å². The minimum absolute atomic E-state index is 0.192. The van der Waals surface area contributed by atoms with Gasteiger partial charge in [0.05, 0.1) is 27.4 Å². The summed E-state index contributed by atoms with van der Waals surface area (Å²) in [6.45, 7) is 2.51. The van der Waals surface area contributed by atoms with Gasteiger partial charge in [-0.25, -0.2) is 4.99 Å². The number of para-hydroxylation sites is 1. The average molecular weight is 476 g/mol. The van der Waals surface area contributed by atoms with Crippen LogP contribution >= 0.6 is 11.8 Å². The summed E-state index contributed by atoms with van der Waals surface area (Å²) in [5.41, 5.74) is 1.57. The van der Waals surface area contributed by atoms with Gasteiger partial charge in [-0.2, -0.15) is 0 Å². The standard InChI is InChI=1S/C30H41N3S/c1-4-10-25(11-5-1)31-28-30(12-6-2-7-13-30)26(33-14-8-3-9-15-33)27(34-28)32-29-19-22-16-23(20-29)18-24(17-22)21-29/h1,4-5,10-11,22-24,26H,2-3,6-9,12-21H2. The lowest BCUT2D eigenvalue weighted by Gasteiger charge is -2.55. The molecule has 4 heteroatoms. The van der Waals surface area contributed by atoms with Gasteiger partial charge in [-0.05, 0) is 107 Å². The molecular formula is C30H41N3S. The number of hydrogen-bond donors (Lipinski definition) is 0. The van der Waals surface area contributed by atoms with Crippen LogP contribution in [0.15, 0.2) is 40.3 Å². The Hall–Kier alpha value is -1.13. The molecule has 1 unspecified atom stereocenters. The maximum atomic E-state index is 5.92. The summed E-state index contributed by atoms with van der Waals surface area (Å²) in [7, 11) is 0. The Morgan fingerprint density at radius 3 is 2.03 bits per heavy atom. The second kappa shape index (κ2) is 8.76. The molecule has 182 valence electrons. The molecule has 1 spiro atoms. The molecule has 0 aromatic heterocycles. The van der Waals surface area contributed by atoms with E-state index in [1.807, 2.05) is 11.8 Å². The number of hydrogen-bond acceptors (Lipinski definition) is 4. The zero-order valence-electron chi connectivity index (χ0n) is 20.8. The van der Waals surface area contributed by atoms with Gasteiger partial charge in [-0.15, -0.1) is 0 Å². The lowest BCUT2D eigenvalue weighted by molar-refractivity contribution is 0.00117. The maximum absolute atomic E-state index is 5.92. The molecule has 5 saturated carbocycles. The van der Waals surface area contributed by atoms with Gasteiger partial charge in [0, 0.05) is 5.41 Å². The number of thioether (sulfide) groups is 1. The van der Waals surface area contributed by atoms with Crippen LogP contribution in [0.1, 0.15) is 89.9 Å². The molecule has 5 aliphatic carbocycles. The summed E-state index contributed by atoms with van der Waals surface area (Å²) in [5.74, 6) is 2.87. The third kappa shape index (κ3) is 3.82. The fourth-order valence-electron chi connectivity index (χ4n) is 9.24. The Kier molecular flexibility index (Phi) is 5.70. The topological polar surface area (TPSA) is 28.0 Å². The molecule has 1 aromatic carbocycles. The van der Waals surface area contributed by atoms with Crippen molar-refractivity contribution in [1.82, 2.24) is 4.90 Å². The summed E-state index contributed by atoms with van der Waals surface area (Å²) in [4.78, 5) is 14.2. The van der Waals surface area contributed by atoms with Gasteiger partial charge in [0.25, 0.3) is 0 Å². The van der Waals surface area contributed by atoms with Crippen LogP contribution in [0.2, 0.25) is 0 Å². The summed E-state index contributed by atoms with van der Waals surface area (Å²) in [5, 5.41) is 2.87. The quantitative estimate of drug-likeness (QED) is 0.449. The Labute approximate surface area is 210 Å². The van der Waals surface area contributed by atoms with Gasteiger partial charge in [0.2, 0.25) is 0 Å². The SMILES string of the molecule is c1ccc(N=C2SC(=NC34CC5CC(CC(C5)C3)C4)C(N3CCCCC3)C23CCCCC3)cc1. The molecule has 1 atom stereocenters. The fraction of sp³-hybridized carbons (Fsp3) is 0.733. The normalized spacial score (nSPS) is 41.6. The number of aliphatic imine (C=N–C) groups is 2. The van der Waals surface area contributed by atoms with E-state index in [2.05, 4.69) is 35.2 Å². The van der Waals surface area contributed by atoms with E-state index in [0.29, 0.717) is 6.04 Å². The predicted molar refractivity (Wildman–Crippen MR) is 144 cm³/mol. The summed E-state index contributed by atoms with van der Waals surface area (Å²) < 4.78 is 0. The van der Waals surface area contributed by atoms with E-state index in [9.17, 15) is 0 Å². The molecule has 2 aliphatic heterocycles. The van der Waals surface area contributed by atoms with E-state index in [4.69, 9.17) is 9.98 Å². The second-order valence-corrected chi connectivity index (χ2v) is 13.7. The Bertz CT molecular complexity index is 919. The molecule has 4 bridgehead atoms. The third-order valence-corrected chi connectivity index (χ3v) is 11.4. The molecule has 1 aromatic rings. The molecule has 0 radical (unpaired) electrons. The van der Waals surface area contributed by atoms with E-state index >= 15 is 0 Å². The number of rotatable bonds is 3. The van der Waals surface area contributed by atoms with Crippen LogP contribution in [0.3, 0.4) is 0 Å². The van der Waals surface area contributed by atoms with Crippen LogP contribution in [0.4, 0.5) is 5.69 Å². The zero-order valence-corrected chi connectivity index (χ0v) is 21.6. The minimum atomic E-state index is 0.192.